The molecule has 10 heteroatoms. The minimum Gasteiger partial charge on any atom is -0.463 e. The van der Waals surface area contributed by atoms with E-state index in [-0.39, 0.29) is 43.4 Å². The smallest absolute Gasteiger partial charge is 0.306 e. The predicted octanol–water partition coefficient (Wildman–Crippen LogP) is 4.73. The van der Waals surface area contributed by atoms with E-state index in [1.165, 1.54) is 4.90 Å². The number of carbonyl (C=O) groups excluding carboxylic acids is 4. The number of ether oxygens (including phenoxy) is 2. The summed E-state index contributed by atoms with van der Waals surface area (Å²) in [5, 5.41) is 13.5. The minimum atomic E-state index is -1.22. The van der Waals surface area contributed by atoms with Crippen LogP contribution in [0.1, 0.15) is 91.7 Å². The molecule has 264 valence electrons. The van der Waals surface area contributed by atoms with Gasteiger partial charge in [0.1, 0.15) is 18.2 Å². The summed E-state index contributed by atoms with van der Waals surface area (Å²) in [6.07, 6.45) is 5.51. The first-order valence-electron chi connectivity index (χ1n) is 17.3. The zero-order valence-electron chi connectivity index (χ0n) is 29.6. The third kappa shape index (κ3) is 7.39. The standard InChI is InChI=1S/C38H55N3O7/c1-9-12-18-29(43)47-23-27(25-16-14-13-15-17-25)39-33(44)30-28-19-20-38(48-28)31(30)34(45)41(26(11-3)22-42)32(38)35(46)40(21-10-2)37(7,8)24-36(4,5)6/h9-10,13-17,26-28,30-32,42H,1-2,11-12,18-24H2,3-8H3,(H,39,44)/t26-,27+,28+,30-,31-,32+,38-/m0/s1. The summed E-state index contributed by atoms with van der Waals surface area (Å²) in [4.78, 5) is 59.5. The van der Waals surface area contributed by atoms with E-state index in [2.05, 4.69) is 39.2 Å². The lowest BCUT2D eigenvalue weighted by molar-refractivity contribution is -0.155. The second kappa shape index (κ2) is 14.9. The molecule has 0 radical (unpaired) electrons. The van der Waals surface area contributed by atoms with E-state index in [1.54, 1.807) is 17.1 Å². The molecule has 0 unspecified atom stereocenters. The number of aliphatic hydroxyl groups excluding tert-OH is 1. The molecule has 1 aromatic carbocycles. The van der Waals surface area contributed by atoms with Crippen molar-refractivity contribution in [3.63, 3.8) is 0 Å². The quantitative estimate of drug-likeness (QED) is 0.193. The first-order chi connectivity index (χ1) is 22.7. The summed E-state index contributed by atoms with van der Waals surface area (Å²) < 4.78 is 12.2. The number of nitrogens with one attached hydrogen (secondary N) is 1. The van der Waals surface area contributed by atoms with Crippen LogP contribution < -0.4 is 5.32 Å². The number of nitrogens with zero attached hydrogens (tertiary/aromatic N) is 2. The number of amides is 3. The van der Waals surface area contributed by atoms with Crippen molar-refractivity contribution >= 4 is 23.7 Å². The highest BCUT2D eigenvalue weighted by Gasteiger charge is 2.75. The van der Waals surface area contributed by atoms with Gasteiger partial charge in [0.15, 0.2) is 0 Å². The molecule has 1 spiro atoms. The Hall–Kier alpha value is -3.50. The van der Waals surface area contributed by atoms with Crippen molar-refractivity contribution in [3.8, 4) is 0 Å². The Morgan fingerprint density at radius 2 is 1.85 bits per heavy atom. The van der Waals surface area contributed by atoms with Crippen molar-refractivity contribution in [2.45, 2.75) is 115 Å². The van der Waals surface area contributed by atoms with Gasteiger partial charge < -0.3 is 29.7 Å². The zero-order chi connectivity index (χ0) is 35.4. The monoisotopic (exact) mass is 665 g/mol. The van der Waals surface area contributed by atoms with Crippen molar-refractivity contribution in [2.24, 2.45) is 17.3 Å². The number of aliphatic hydroxyl groups is 1. The molecule has 0 aliphatic carbocycles. The molecule has 10 nitrogen and oxygen atoms in total. The average Bonchev–Trinajstić information content (AvgIpc) is 3.68. The molecule has 7 atom stereocenters. The molecule has 3 amide bonds. The lowest BCUT2D eigenvalue weighted by Gasteiger charge is -2.46. The van der Waals surface area contributed by atoms with Crippen LogP contribution in [0.15, 0.2) is 55.6 Å². The number of hydrogen-bond acceptors (Lipinski definition) is 7. The van der Waals surface area contributed by atoms with Crippen molar-refractivity contribution in [1.82, 2.24) is 15.1 Å². The Balaban J connectivity index is 1.70. The van der Waals surface area contributed by atoms with Crippen LogP contribution in [-0.4, -0.2) is 87.7 Å². The molecule has 3 heterocycles. The largest absolute Gasteiger partial charge is 0.463 e. The van der Waals surface area contributed by atoms with Gasteiger partial charge >= 0.3 is 5.97 Å². The van der Waals surface area contributed by atoms with Gasteiger partial charge in [-0.05, 0) is 56.9 Å². The number of hydrogen-bond donors (Lipinski definition) is 2. The first kappa shape index (κ1) is 37.3. The fraction of sp³-hybridized carbons (Fsp3) is 0.632. The number of fused-ring (bicyclic) bond motifs is 1. The Kier molecular flexibility index (Phi) is 11.6. The van der Waals surface area contributed by atoms with E-state index in [4.69, 9.17) is 9.47 Å². The molecule has 1 aromatic rings. The number of likely N-dealkylation sites (tertiary alicyclic amines) is 1. The Labute approximate surface area is 285 Å². The highest BCUT2D eigenvalue weighted by atomic mass is 16.5. The van der Waals surface area contributed by atoms with Crippen LogP contribution in [0.5, 0.6) is 0 Å². The number of rotatable bonds is 16. The number of allylic oxidation sites excluding steroid dienone is 1. The van der Waals surface area contributed by atoms with Gasteiger partial charge in [-0.2, -0.15) is 0 Å². The van der Waals surface area contributed by atoms with Gasteiger partial charge in [0.25, 0.3) is 0 Å². The third-order valence-electron chi connectivity index (χ3n) is 10.1. The maximum Gasteiger partial charge on any atom is 0.306 e. The van der Waals surface area contributed by atoms with Crippen LogP contribution in [-0.2, 0) is 28.7 Å². The van der Waals surface area contributed by atoms with E-state index < -0.39 is 59.1 Å². The Morgan fingerprint density at radius 1 is 1.17 bits per heavy atom. The summed E-state index contributed by atoms with van der Waals surface area (Å²) in [6.45, 7) is 19.7. The molecule has 2 N–H and O–H groups in total. The van der Waals surface area contributed by atoms with E-state index >= 15 is 0 Å². The van der Waals surface area contributed by atoms with Crippen molar-refractivity contribution in [3.05, 3.63) is 61.2 Å². The molecular weight excluding hydrogens is 610 g/mol. The molecule has 4 rings (SSSR count). The summed E-state index contributed by atoms with van der Waals surface area (Å²) >= 11 is 0. The van der Waals surface area contributed by atoms with Gasteiger partial charge in [-0.3, -0.25) is 19.2 Å². The molecule has 48 heavy (non-hydrogen) atoms. The van der Waals surface area contributed by atoms with Crippen LogP contribution >= 0.6 is 0 Å². The Bertz CT molecular complexity index is 1350. The number of esters is 1. The van der Waals surface area contributed by atoms with Crippen LogP contribution in [0.3, 0.4) is 0 Å². The molecule has 3 aliphatic rings. The average molecular weight is 666 g/mol. The summed E-state index contributed by atoms with van der Waals surface area (Å²) in [7, 11) is 0. The predicted molar refractivity (Wildman–Crippen MR) is 183 cm³/mol. The lowest BCUT2D eigenvalue weighted by Crippen LogP contribution is -2.62. The van der Waals surface area contributed by atoms with Crippen LogP contribution in [0.25, 0.3) is 0 Å². The summed E-state index contributed by atoms with van der Waals surface area (Å²) in [6, 6.07) is 6.94. The molecule has 3 aliphatic heterocycles. The van der Waals surface area contributed by atoms with Crippen LogP contribution in [0, 0.1) is 17.3 Å². The van der Waals surface area contributed by atoms with Crippen molar-refractivity contribution < 1.29 is 33.8 Å². The van der Waals surface area contributed by atoms with Crippen LogP contribution in [0.4, 0.5) is 0 Å². The van der Waals surface area contributed by atoms with E-state index in [0.717, 1.165) is 5.56 Å². The fourth-order valence-corrected chi connectivity index (χ4v) is 8.43. The zero-order valence-corrected chi connectivity index (χ0v) is 29.6. The van der Waals surface area contributed by atoms with Crippen LogP contribution in [0.2, 0.25) is 0 Å². The Morgan fingerprint density at radius 3 is 2.44 bits per heavy atom. The third-order valence-corrected chi connectivity index (χ3v) is 10.1. The minimum absolute atomic E-state index is 0.0806. The van der Waals surface area contributed by atoms with Gasteiger partial charge in [0.05, 0.1) is 36.6 Å². The second-order valence-electron chi connectivity index (χ2n) is 15.3. The maximum absolute atomic E-state index is 14.9. The van der Waals surface area contributed by atoms with Gasteiger partial charge in [0.2, 0.25) is 17.7 Å². The first-order valence-corrected chi connectivity index (χ1v) is 17.3. The molecule has 2 bridgehead atoms. The molecular formula is C38H55N3O7. The van der Waals surface area contributed by atoms with E-state index in [9.17, 15) is 24.3 Å². The summed E-state index contributed by atoms with van der Waals surface area (Å²) in [5.74, 6) is -3.17. The number of carbonyl (C=O) groups is 4. The SMILES string of the molecule is C=CCCC(=O)OC[C@@H](NC(=O)[C@@H]1[C@H]2C(=O)N([C@@H](CC)CO)[C@H](C(=O)N(CC=C)C(C)(C)CC(C)(C)C)[C@]23CC[C@H]1O3)c1ccccc1. The van der Waals surface area contributed by atoms with Gasteiger partial charge in [-0.15, -0.1) is 13.2 Å². The topological polar surface area (TPSA) is 125 Å². The highest BCUT2D eigenvalue weighted by Crippen LogP contribution is 2.59. The maximum atomic E-state index is 14.9. The van der Waals surface area contributed by atoms with E-state index in [1.807, 2.05) is 51.1 Å². The van der Waals surface area contributed by atoms with Gasteiger partial charge in [-0.25, -0.2) is 0 Å². The second-order valence-corrected chi connectivity index (χ2v) is 15.3. The molecule has 0 saturated carbocycles. The normalized spacial score (nSPS) is 26.1. The lowest BCUT2D eigenvalue weighted by atomic mass is 9.70. The molecule has 0 aromatic heterocycles. The molecule has 3 fully saturated rings. The van der Waals surface area contributed by atoms with Crippen molar-refractivity contribution in [2.75, 3.05) is 19.8 Å². The fourth-order valence-electron chi connectivity index (χ4n) is 8.43. The molecule has 3 saturated heterocycles. The van der Waals surface area contributed by atoms with Gasteiger partial charge in [-0.1, -0.05) is 70.2 Å². The van der Waals surface area contributed by atoms with Gasteiger partial charge in [0, 0.05) is 18.5 Å². The number of benzene rings is 1. The van der Waals surface area contributed by atoms with Crippen molar-refractivity contribution in [1.29, 1.82) is 0 Å². The highest BCUT2D eigenvalue weighted by molar-refractivity contribution is 5.99. The summed E-state index contributed by atoms with van der Waals surface area (Å²) in [5.41, 5.74) is -1.15. The van der Waals surface area contributed by atoms with E-state index in [0.29, 0.717) is 32.1 Å².